The van der Waals surface area contributed by atoms with E-state index in [4.69, 9.17) is 26.9 Å². The van der Waals surface area contributed by atoms with Crippen molar-refractivity contribution in [3.8, 4) is 11.3 Å². The van der Waals surface area contributed by atoms with E-state index in [1.807, 2.05) is 12.1 Å². The molecule has 1 aromatic heterocycles. The Morgan fingerprint density at radius 1 is 1.43 bits per heavy atom. The number of carbonyl (C=O) groups is 1. The predicted octanol–water partition coefficient (Wildman–Crippen LogP) is 3.04. The lowest BCUT2D eigenvalue weighted by atomic mass is 10.1. The van der Waals surface area contributed by atoms with E-state index in [0.29, 0.717) is 36.1 Å². The quantitative estimate of drug-likeness (QED) is 0.712. The lowest BCUT2D eigenvalue weighted by Gasteiger charge is -2.07. The van der Waals surface area contributed by atoms with Crippen LogP contribution in [0, 0.1) is 0 Å². The molecule has 2 aromatic rings. The monoisotopic (exact) mass is 309 g/mol. The Bertz CT molecular complexity index is 598. The van der Waals surface area contributed by atoms with E-state index in [9.17, 15) is 4.79 Å². The third-order valence-corrected chi connectivity index (χ3v) is 3.19. The highest BCUT2D eigenvalue weighted by atomic mass is 35.5. The number of aromatic nitrogens is 1. The molecule has 112 valence electrons. The average Bonchev–Trinajstić information content (AvgIpc) is 2.94. The Labute approximate surface area is 126 Å². The molecule has 1 unspecified atom stereocenters. The van der Waals surface area contributed by atoms with Crippen molar-refractivity contribution in [1.29, 1.82) is 0 Å². The van der Waals surface area contributed by atoms with Crippen molar-refractivity contribution >= 4 is 17.7 Å². The van der Waals surface area contributed by atoms with Crippen LogP contribution in [0.4, 0.5) is 4.79 Å². The van der Waals surface area contributed by atoms with E-state index in [1.54, 1.807) is 18.3 Å². The number of nitrogens with one attached hydrogen (secondary N) is 1. The number of carboxylic acid groups (broad SMARTS) is 1. The number of nitrogens with two attached hydrogens (primary N) is 1. The van der Waals surface area contributed by atoms with Crippen molar-refractivity contribution in [3.05, 3.63) is 41.4 Å². The minimum atomic E-state index is -1.04. The maximum Gasteiger partial charge on any atom is 0.404 e. The standard InChI is InChI=1S/C14H16ClN3O3/c15-10-5-3-9(4-6-10)12-8-18-13(21-12)11(16)2-1-7-17-14(19)20/h3-6,8,11,17H,1-2,7,16H2,(H,19,20). The summed E-state index contributed by atoms with van der Waals surface area (Å²) in [6, 6.07) is 6.87. The fraction of sp³-hybridized carbons (Fsp3) is 0.286. The van der Waals surface area contributed by atoms with Crippen LogP contribution in [0.5, 0.6) is 0 Å². The number of oxazole rings is 1. The van der Waals surface area contributed by atoms with Crippen LogP contribution >= 0.6 is 11.6 Å². The van der Waals surface area contributed by atoms with Gasteiger partial charge in [-0.05, 0) is 37.1 Å². The van der Waals surface area contributed by atoms with Gasteiger partial charge in [-0.25, -0.2) is 9.78 Å². The van der Waals surface area contributed by atoms with Crippen molar-refractivity contribution in [2.24, 2.45) is 5.73 Å². The van der Waals surface area contributed by atoms with E-state index >= 15 is 0 Å². The van der Waals surface area contributed by atoms with Gasteiger partial charge in [0.25, 0.3) is 0 Å². The summed E-state index contributed by atoms with van der Waals surface area (Å²) in [5.74, 6) is 1.07. The molecule has 0 aliphatic rings. The molecule has 7 heteroatoms. The van der Waals surface area contributed by atoms with Crippen LogP contribution in [-0.2, 0) is 0 Å². The number of rotatable bonds is 6. The first-order valence-electron chi connectivity index (χ1n) is 6.50. The first-order valence-corrected chi connectivity index (χ1v) is 6.88. The Kier molecular flexibility index (Phi) is 5.19. The Morgan fingerprint density at radius 3 is 2.81 bits per heavy atom. The second-order valence-electron chi connectivity index (χ2n) is 4.55. The molecule has 1 heterocycles. The van der Waals surface area contributed by atoms with Crippen LogP contribution in [0.15, 0.2) is 34.9 Å². The highest BCUT2D eigenvalue weighted by Gasteiger charge is 2.13. The molecule has 1 amide bonds. The number of amides is 1. The molecule has 2 rings (SSSR count). The molecule has 0 fully saturated rings. The maximum absolute atomic E-state index is 10.3. The first-order chi connectivity index (χ1) is 10.1. The summed E-state index contributed by atoms with van der Waals surface area (Å²) in [5.41, 5.74) is 6.85. The molecular formula is C14H16ClN3O3. The minimum absolute atomic E-state index is 0.355. The molecule has 0 bridgehead atoms. The van der Waals surface area contributed by atoms with E-state index in [0.717, 1.165) is 5.56 Å². The van der Waals surface area contributed by atoms with Crippen molar-refractivity contribution in [2.45, 2.75) is 18.9 Å². The Morgan fingerprint density at radius 2 is 2.14 bits per heavy atom. The fourth-order valence-corrected chi connectivity index (χ4v) is 1.97. The molecule has 1 aromatic carbocycles. The van der Waals surface area contributed by atoms with Gasteiger partial charge in [0.1, 0.15) is 0 Å². The van der Waals surface area contributed by atoms with Gasteiger partial charge in [0.05, 0.1) is 12.2 Å². The molecule has 0 aliphatic heterocycles. The zero-order valence-corrected chi connectivity index (χ0v) is 12.0. The summed E-state index contributed by atoms with van der Waals surface area (Å²) in [4.78, 5) is 14.5. The summed E-state index contributed by atoms with van der Waals surface area (Å²) < 4.78 is 5.63. The van der Waals surface area contributed by atoms with E-state index in [1.165, 1.54) is 0 Å². The van der Waals surface area contributed by atoms with Gasteiger partial charge in [-0.3, -0.25) is 0 Å². The fourth-order valence-electron chi connectivity index (χ4n) is 1.85. The zero-order chi connectivity index (χ0) is 15.2. The molecule has 0 saturated heterocycles. The number of nitrogens with zero attached hydrogens (tertiary/aromatic N) is 1. The van der Waals surface area contributed by atoms with Crippen LogP contribution in [0.2, 0.25) is 5.02 Å². The smallest absolute Gasteiger partial charge is 0.404 e. The van der Waals surface area contributed by atoms with Gasteiger partial charge in [0.15, 0.2) is 5.76 Å². The lowest BCUT2D eigenvalue weighted by Crippen LogP contribution is -2.23. The van der Waals surface area contributed by atoms with Crippen molar-refractivity contribution in [1.82, 2.24) is 10.3 Å². The maximum atomic E-state index is 10.3. The van der Waals surface area contributed by atoms with Gasteiger partial charge in [-0.2, -0.15) is 0 Å². The van der Waals surface area contributed by atoms with Crippen LogP contribution in [0.25, 0.3) is 11.3 Å². The molecular weight excluding hydrogens is 294 g/mol. The second kappa shape index (κ2) is 7.10. The summed E-state index contributed by atoms with van der Waals surface area (Å²) >= 11 is 5.83. The van der Waals surface area contributed by atoms with Crippen LogP contribution in [-0.4, -0.2) is 22.7 Å². The van der Waals surface area contributed by atoms with Gasteiger partial charge < -0.3 is 20.6 Å². The molecule has 0 radical (unpaired) electrons. The molecule has 4 N–H and O–H groups in total. The molecule has 1 atom stereocenters. The Hall–Kier alpha value is -2.05. The summed E-state index contributed by atoms with van der Waals surface area (Å²) in [5, 5.41) is 11.4. The predicted molar refractivity (Wildman–Crippen MR) is 79.1 cm³/mol. The third kappa shape index (κ3) is 4.47. The van der Waals surface area contributed by atoms with Gasteiger partial charge in [0.2, 0.25) is 5.89 Å². The van der Waals surface area contributed by atoms with Gasteiger partial charge in [-0.1, -0.05) is 11.6 Å². The molecule has 6 nitrogen and oxygen atoms in total. The van der Waals surface area contributed by atoms with Crippen molar-refractivity contribution in [3.63, 3.8) is 0 Å². The van der Waals surface area contributed by atoms with Gasteiger partial charge >= 0.3 is 6.09 Å². The summed E-state index contributed by atoms with van der Waals surface area (Å²) in [7, 11) is 0. The molecule has 0 aliphatic carbocycles. The number of hydrogen-bond donors (Lipinski definition) is 3. The topological polar surface area (TPSA) is 101 Å². The van der Waals surface area contributed by atoms with Crippen LogP contribution in [0.3, 0.4) is 0 Å². The van der Waals surface area contributed by atoms with Gasteiger partial charge in [0, 0.05) is 17.1 Å². The highest BCUT2D eigenvalue weighted by molar-refractivity contribution is 6.30. The number of halogens is 1. The van der Waals surface area contributed by atoms with Crippen LogP contribution in [0.1, 0.15) is 24.8 Å². The Balaban J connectivity index is 1.92. The average molecular weight is 310 g/mol. The normalized spacial score (nSPS) is 12.1. The van der Waals surface area contributed by atoms with Crippen LogP contribution < -0.4 is 11.1 Å². The van der Waals surface area contributed by atoms with E-state index in [2.05, 4.69) is 10.3 Å². The minimum Gasteiger partial charge on any atom is -0.465 e. The molecule has 21 heavy (non-hydrogen) atoms. The largest absolute Gasteiger partial charge is 0.465 e. The number of hydrogen-bond acceptors (Lipinski definition) is 4. The van der Waals surface area contributed by atoms with Gasteiger partial charge in [-0.15, -0.1) is 0 Å². The summed E-state index contributed by atoms with van der Waals surface area (Å²) in [6.07, 6.45) is 1.78. The lowest BCUT2D eigenvalue weighted by molar-refractivity contribution is 0.194. The molecule has 0 saturated carbocycles. The number of benzene rings is 1. The van der Waals surface area contributed by atoms with E-state index < -0.39 is 6.09 Å². The highest BCUT2D eigenvalue weighted by Crippen LogP contribution is 2.25. The molecule has 0 spiro atoms. The first kappa shape index (κ1) is 15.3. The van der Waals surface area contributed by atoms with Crippen molar-refractivity contribution in [2.75, 3.05) is 6.54 Å². The second-order valence-corrected chi connectivity index (χ2v) is 4.99. The third-order valence-electron chi connectivity index (χ3n) is 2.94. The van der Waals surface area contributed by atoms with Crippen molar-refractivity contribution < 1.29 is 14.3 Å². The SMILES string of the molecule is NC(CCCNC(=O)O)c1ncc(-c2ccc(Cl)cc2)o1. The zero-order valence-electron chi connectivity index (χ0n) is 11.3. The summed E-state index contributed by atoms with van der Waals surface area (Å²) in [6.45, 7) is 0.355. The van der Waals surface area contributed by atoms with E-state index in [-0.39, 0.29) is 6.04 Å².